The molecule has 3 rings (SSSR count). The third-order valence-corrected chi connectivity index (χ3v) is 3.19. The normalized spacial score (nSPS) is 10.7. The van der Waals surface area contributed by atoms with E-state index in [2.05, 4.69) is 0 Å². The maximum absolute atomic E-state index is 12.4. The molecule has 0 atom stereocenters. The first kappa shape index (κ1) is 13.1. The minimum absolute atomic E-state index is 0.00897. The predicted octanol–water partition coefficient (Wildman–Crippen LogP) is 2.88. The number of methoxy groups -OCH3 is 1. The largest absolute Gasteiger partial charge is 0.508 e. The monoisotopic (exact) mass is 284 g/mol. The lowest BCUT2D eigenvalue weighted by Crippen LogP contribution is -2.07. The SMILES string of the molecule is COc1c(-c2ccc(O)cc2)oc2cccc(O)c2c1=O. The third-order valence-electron chi connectivity index (χ3n) is 3.19. The Labute approximate surface area is 119 Å². The minimum atomic E-state index is -0.445. The van der Waals surface area contributed by atoms with Crippen molar-refractivity contribution in [1.29, 1.82) is 0 Å². The molecule has 106 valence electrons. The van der Waals surface area contributed by atoms with Crippen molar-refractivity contribution < 1.29 is 19.4 Å². The Morgan fingerprint density at radius 1 is 1.05 bits per heavy atom. The average Bonchev–Trinajstić information content (AvgIpc) is 2.48. The van der Waals surface area contributed by atoms with E-state index in [4.69, 9.17) is 9.15 Å². The third kappa shape index (κ3) is 2.08. The predicted molar refractivity (Wildman–Crippen MR) is 77.8 cm³/mol. The zero-order valence-corrected chi connectivity index (χ0v) is 11.2. The second kappa shape index (κ2) is 4.86. The summed E-state index contributed by atoms with van der Waals surface area (Å²) in [7, 11) is 1.36. The second-order valence-electron chi connectivity index (χ2n) is 4.49. The maximum atomic E-state index is 12.4. The summed E-state index contributed by atoms with van der Waals surface area (Å²) >= 11 is 0. The van der Waals surface area contributed by atoms with Crippen molar-refractivity contribution in [3.8, 4) is 28.6 Å². The fourth-order valence-corrected chi connectivity index (χ4v) is 2.19. The summed E-state index contributed by atoms with van der Waals surface area (Å²) in [4.78, 5) is 12.4. The van der Waals surface area contributed by atoms with Gasteiger partial charge in [-0.15, -0.1) is 0 Å². The van der Waals surface area contributed by atoms with Crippen molar-refractivity contribution in [3.05, 3.63) is 52.7 Å². The van der Waals surface area contributed by atoms with Crippen molar-refractivity contribution in [1.82, 2.24) is 0 Å². The molecule has 0 saturated heterocycles. The van der Waals surface area contributed by atoms with Crippen LogP contribution in [-0.4, -0.2) is 17.3 Å². The number of hydrogen-bond acceptors (Lipinski definition) is 5. The number of aromatic hydroxyl groups is 2. The summed E-state index contributed by atoms with van der Waals surface area (Å²) in [5, 5.41) is 19.2. The van der Waals surface area contributed by atoms with Crippen LogP contribution in [0.1, 0.15) is 0 Å². The van der Waals surface area contributed by atoms with Gasteiger partial charge in [0.05, 0.1) is 7.11 Å². The van der Waals surface area contributed by atoms with Crippen molar-refractivity contribution in [2.24, 2.45) is 0 Å². The molecule has 5 nitrogen and oxygen atoms in total. The lowest BCUT2D eigenvalue weighted by molar-refractivity contribution is 0.397. The highest BCUT2D eigenvalue weighted by Crippen LogP contribution is 2.33. The molecule has 0 radical (unpaired) electrons. The molecule has 0 saturated carbocycles. The number of rotatable bonds is 2. The molecule has 0 bridgehead atoms. The Morgan fingerprint density at radius 3 is 2.43 bits per heavy atom. The molecule has 1 heterocycles. The molecule has 2 N–H and O–H groups in total. The molecular weight excluding hydrogens is 272 g/mol. The Balaban J connectivity index is 2.38. The van der Waals surface area contributed by atoms with E-state index < -0.39 is 5.43 Å². The van der Waals surface area contributed by atoms with E-state index in [-0.39, 0.29) is 34.0 Å². The van der Waals surface area contributed by atoms with Gasteiger partial charge in [-0.1, -0.05) is 6.07 Å². The number of benzene rings is 2. The van der Waals surface area contributed by atoms with Crippen LogP contribution in [-0.2, 0) is 0 Å². The van der Waals surface area contributed by atoms with Gasteiger partial charge in [0.15, 0.2) is 5.76 Å². The van der Waals surface area contributed by atoms with Crippen LogP contribution < -0.4 is 10.2 Å². The minimum Gasteiger partial charge on any atom is -0.508 e. The molecule has 0 aliphatic carbocycles. The van der Waals surface area contributed by atoms with Gasteiger partial charge in [-0.2, -0.15) is 0 Å². The lowest BCUT2D eigenvalue weighted by atomic mass is 10.1. The van der Waals surface area contributed by atoms with E-state index in [1.165, 1.54) is 25.3 Å². The first-order valence-electron chi connectivity index (χ1n) is 6.24. The van der Waals surface area contributed by atoms with Gasteiger partial charge in [0.2, 0.25) is 11.2 Å². The molecule has 0 aliphatic rings. The van der Waals surface area contributed by atoms with E-state index >= 15 is 0 Å². The molecule has 21 heavy (non-hydrogen) atoms. The highest BCUT2D eigenvalue weighted by atomic mass is 16.5. The Morgan fingerprint density at radius 2 is 1.76 bits per heavy atom. The fourth-order valence-electron chi connectivity index (χ4n) is 2.19. The number of phenolic OH excluding ortho intramolecular Hbond substituents is 2. The van der Waals surface area contributed by atoms with Gasteiger partial charge in [-0.3, -0.25) is 4.79 Å². The Kier molecular flexibility index (Phi) is 3.02. The standard InChI is InChI=1S/C16H12O5/c1-20-16-14(19)13-11(18)3-2-4-12(13)21-15(16)9-5-7-10(17)8-6-9/h2-8,17-18H,1H3. The number of hydrogen-bond donors (Lipinski definition) is 2. The molecule has 1 aromatic heterocycles. The maximum Gasteiger partial charge on any atom is 0.238 e. The van der Waals surface area contributed by atoms with Gasteiger partial charge in [0, 0.05) is 5.56 Å². The van der Waals surface area contributed by atoms with Gasteiger partial charge in [-0.25, -0.2) is 0 Å². The summed E-state index contributed by atoms with van der Waals surface area (Å²) in [5.74, 6) is 0.214. The first-order chi connectivity index (χ1) is 10.1. The van der Waals surface area contributed by atoms with E-state index in [1.54, 1.807) is 24.3 Å². The van der Waals surface area contributed by atoms with Crippen LogP contribution in [0.15, 0.2) is 51.7 Å². The average molecular weight is 284 g/mol. The Bertz CT molecular complexity index is 862. The van der Waals surface area contributed by atoms with Crippen LogP contribution in [0.5, 0.6) is 17.2 Å². The van der Waals surface area contributed by atoms with Crippen LogP contribution in [0.2, 0.25) is 0 Å². The molecule has 0 spiro atoms. The second-order valence-corrected chi connectivity index (χ2v) is 4.49. The molecule has 5 heteroatoms. The Hall–Kier alpha value is -2.95. The molecule has 2 aromatic carbocycles. The van der Waals surface area contributed by atoms with E-state index in [0.717, 1.165) is 0 Å². The van der Waals surface area contributed by atoms with Crippen molar-refractivity contribution >= 4 is 11.0 Å². The van der Waals surface area contributed by atoms with Gasteiger partial charge in [-0.05, 0) is 36.4 Å². The van der Waals surface area contributed by atoms with Gasteiger partial charge < -0.3 is 19.4 Å². The molecule has 0 fully saturated rings. The number of ether oxygens (including phenoxy) is 1. The zero-order valence-electron chi connectivity index (χ0n) is 11.2. The summed E-state index contributed by atoms with van der Waals surface area (Å²) in [5.41, 5.74) is 0.413. The molecule has 0 aliphatic heterocycles. The summed E-state index contributed by atoms with van der Waals surface area (Å²) in [6.07, 6.45) is 0. The highest BCUT2D eigenvalue weighted by molar-refractivity contribution is 5.86. The van der Waals surface area contributed by atoms with Gasteiger partial charge >= 0.3 is 0 Å². The van der Waals surface area contributed by atoms with Crippen LogP contribution in [0.25, 0.3) is 22.3 Å². The van der Waals surface area contributed by atoms with Crippen LogP contribution in [0.4, 0.5) is 0 Å². The topological polar surface area (TPSA) is 79.9 Å². The zero-order chi connectivity index (χ0) is 15.0. The van der Waals surface area contributed by atoms with E-state index in [0.29, 0.717) is 5.56 Å². The highest BCUT2D eigenvalue weighted by Gasteiger charge is 2.18. The van der Waals surface area contributed by atoms with E-state index in [9.17, 15) is 15.0 Å². The van der Waals surface area contributed by atoms with Crippen molar-refractivity contribution in [2.45, 2.75) is 0 Å². The molecule has 0 unspecified atom stereocenters. The molecular formula is C16H12O5. The summed E-state index contributed by atoms with van der Waals surface area (Å²) in [6, 6.07) is 10.8. The van der Waals surface area contributed by atoms with E-state index in [1.807, 2.05) is 0 Å². The quantitative estimate of drug-likeness (QED) is 0.756. The molecule has 3 aromatic rings. The number of phenols is 2. The molecule has 0 amide bonds. The first-order valence-corrected chi connectivity index (χ1v) is 6.24. The number of fused-ring (bicyclic) bond motifs is 1. The van der Waals surface area contributed by atoms with Crippen molar-refractivity contribution in [2.75, 3.05) is 7.11 Å². The summed E-state index contributed by atoms with van der Waals surface area (Å²) < 4.78 is 10.8. The smallest absolute Gasteiger partial charge is 0.238 e. The van der Waals surface area contributed by atoms with Crippen molar-refractivity contribution in [3.63, 3.8) is 0 Å². The fraction of sp³-hybridized carbons (Fsp3) is 0.0625. The summed E-state index contributed by atoms with van der Waals surface area (Å²) in [6.45, 7) is 0. The van der Waals surface area contributed by atoms with Gasteiger partial charge in [0.1, 0.15) is 22.5 Å². The van der Waals surface area contributed by atoms with Crippen LogP contribution in [0.3, 0.4) is 0 Å². The van der Waals surface area contributed by atoms with Crippen LogP contribution in [0, 0.1) is 0 Å². The lowest BCUT2D eigenvalue weighted by Gasteiger charge is -2.09. The van der Waals surface area contributed by atoms with Gasteiger partial charge in [0.25, 0.3) is 0 Å². The van der Waals surface area contributed by atoms with Crippen LogP contribution >= 0.6 is 0 Å².